The maximum absolute atomic E-state index is 13.1. The van der Waals surface area contributed by atoms with Crippen molar-refractivity contribution < 1.29 is 13.2 Å². The summed E-state index contributed by atoms with van der Waals surface area (Å²) >= 11 is 1.41. The number of halogens is 1. The fraction of sp³-hybridized carbons (Fsp3) is 0.364. The van der Waals surface area contributed by atoms with Crippen molar-refractivity contribution in [2.45, 2.75) is 25.7 Å². The molecule has 0 saturated carbocycles. The maximum Gasteiger partial charge on any atom is 0.244 e. The topological polar surface area (TPSA) is 70.6 Å². The fourth-order valence-electron chi connectivity index (χ4n) is 2.98. The van der Waals surface area contributed by atoms with Crippen molar-refractivity contribution in [3.8, 4) is 0 Å². The number of benzene rings is 2. The Morgan fingerprint density at radius 3 is 2.23 bits per heavy atom. The first-order valence-corrected chi connectivity index (χ1v) is 12.2. The molecular formula is C22H28ClN3O3S2. The summed E-state index contributed by atoms with van der Waals surface area (Å²) in [6.45, 7) is 6.92. The molecule has 0 spiro atoms. The Bertz CT molecular complexity index is 1130. The van der Waals surface area contributed by atoms with E-state index in [4.69, 9.17) is 0 Å². The molecular weight excluding hydrogens is 454 g/mol. The van der Waals surface area contributed by atoms with E-state index in [0.29, 0.717) is 18.2 Å². The van der Waals surface area contributed by atoms with Crippen LogP contribution < -0.4 is 4.90 Å². The van der Waals surface area contributed by atoms with Crippen LogP contribution in [-0.4, -0.2) is 57.1 Å². The van der Waals surface area contributed by atoms with E-state index in [2.05, 4.69) is 11.1 Å². The number of carbonyl (C=O) groups is 1. The Morgan fingerprint density at radius 1 is 1.00 bits per heavy atom. The molecule has 6 nitrogen and oxygen atoms in total. The first kappa shape index (κ1) is 25.3. The quantitative estimate of drug-likeness (QED) is 0.510. The molecule has 9 heteroatoms. The number of anilines is 1. The van der Waals surface area contributed by atoms with Crippen LogP contribution >= 0.6 is 23.7 Å². The van der Waals surface area contributed by atoms with E-state index in [0.717, 1.165) is 26.9 Å². The summed E-state index contributed by atoms with van der Waals surface area (Å²) in [5.74, 6) is -1.05. The van der Waals surface area contributed by atoms with Gasteiger partial charge in [-0.3, -0.25) is 9.69 Å². The molecule has 1 heterocycles. The molecule has 3 rings (SSSR count). The lowest BCUT2D eigenvalue weighted by Gasteiger charge is -2.22. The Morgan fingerprint density at radius 2 is 1.61 bits per heavy atom. The van der Waals surface area contributed by atoms with Gasteiger partial charge in [0.05, 0.1) is 15.1 Å². The lowest BCUT2D eigenvalue weighted by molar-refractivity contribution is -0.116. The normalized spacial score (nSPS) is 11.5. The molecule has 0 radical (unpaired) electrons. The van der Waals surface area contributed by atoms with Crippen LogP contribution in [0.2, 0.25) is 0 Å². The SMILES string of the molecule is Cc1ccc(S(=O)(=O)CC(=O)N(CCN(C)C)c2nc3cc(C)c(C)cc3s2)cc1.Cl. The zero-order chi connectivity index (χ0) is 22.1. The summed E-state index contributed by atoms with van der Waals surface area (Å²) < 4.78 is 26.6. The summed E-state index contributed by atoms with van der Waals surface area (Å²) in [7, 11) is 0.0876. The average Bonchev–Trinajstić information content (AvgIpc) is 3.04. The molecule has 0 unspecified atom stereocenters. The van der Waals surface area contributed by atoms with E-state index in [-0.39, 0.29) is 17.3 Å². The molecule has 0 fully saturated rings. The van der Waals surface area contributed by atoms with Gasteiger partial charge in [-0.1, -0.05) is 29.0 Å². The molecule has 0 N–H and O–H groups in total. The highest BCUT2D eigenvalue weighted by Gasteiger charge is 2.26. The van der Waals surface area contributed by atoms with Crippen molar-refractivity contribution in [1.29, 1.82) is 0 Å². The third kappa shape index (κ3) is 6.04. The van der Waals surface area contributed by atoms with Gasteiger partial charge in [0, 0.05) is 13.1 Å². The van der Waals surface area contributed by atoms with Crippen LogP contribution in [0.15, 0.2) is 41.3 Å². The summed E-state index contributed by atoms with van der Waals surface area (Å²) in [4.78, 5) is 21.4. The van der Waals surface area contributed by atoms with Gasteiger partial charge in [0.2, 0.25) is 5.91 Å². The number of aromatic nitrogens is 1. The van der Waals surface area contributed by atoms with Gasteiger partial charge in [-0.05, 0) is 70.3 Å². The molecule has 0 saturated heterocycles. The average molecular weight is 482 g/mol. The number of carbonyl (C=O) groups excluding carboxylic acids is 1. The highest BCUT2D eigenvalue weighted by molar-refractivity contribution is 7.92. The number of thiazole rings is 1. The Labute approximate surface area is 194 Å². The number of nitrogens with zero attached hydrogens (tertiary/aromatic N) is 3. The first-order chi connectivity index (χ1) is 14.1. The number of amides is 1. The molecule has 0 atom stereocenters. The molecule has 3 aromatic rings. The fourth-order valence-corrected chi connectivity index (χ4v) is 5.27. The predicted molar refractivity (Wildman–Crippen MR) is 130 cm³/mol. The summed E-state index contributed by atoms with van der Waals surface area (Å²) in [5.41, 5.74) is 4.08. The molecule has 1 aromatic heterocycles. The van der Waals surface area contributed by atoms with E-state index in [1.807, 2.05) is 45.8 Å². The Hall–Kier alpha value is -2.00. The van der Waals surface area contributed by atoms with Gasteiger partial charge in [-0.2, -0.15) is 0 Å². The van der Waals surface area contributed by atoms with Crippen LogP contribution in [0.4, 0.5) is 5.13 Å². The van der Waals surface area contributed by atoms with Crippen molar-refractivity contribution >= 4 is 54.8 Å². The van der Waals surface area contributed by atoms with Crippen molar-refractivity contribution in [3.05, 3.63) is 53.1 Å². The molecule has 0 aliphatic carbocycles. The second-order valence-electron chi connectivity index (χ2n) is 7.82. The Balaban J connectivity index is 0.00000341. The van der Waals surface area contributed by atoms with Crippen LogP contribution in [0, 0.1) is 20.8 Å². The predicted octanol–water partition coefficient (Wildman–Crippen LogP) is 4.01. The molecule has 0 bridgehead atoms. The minimum absolute atomic E-state index is 0. The van der Waals surface area contributed by atoms with E-state index in [9.17, 15) is 13.2 Å². The van der Waals surface area contributed by atoms with E-state index < -0.39 is 21.5 Å². The molecule has 1 amide bonds. The minimum atomic E-state index is -3.74. The van der Waals surface area contributed by atoms with Gasteiger partial charge >= 0.3 is 0 Å². The highest BCUT2D eigenvalue weighted by atomic mass is 35.5. The third-order valence-corrected chi connectivity index (χ3v) is 7.65. The van der Waals surface area contributed by atoms with Gasteiger partial charge in [0.1, 0.15) is 5.75 Å². The second kappa shape index (κ2) is 10.1. The Kier molecular flexibility index (Phi) is 8.21. The van der Waals surface area contributed by atoms with Gasteiger partial charge < -0.3 is 4.90 Å². The van der Waals surface area contributed by atoms with Gasteiger partial charge in [-0.25, -0.2) is 13.4 Å². The van der Waals surface area contributed by atoms with E-state index in [1.165, 1.54) is 16.2 Å². The zero-order valence-electron chi connectivity index (χ0n) is 18.4. The van der Waals surface area contributed by atoms with Crippen molar-refractivity contribution in [3.63, 3.8) is 0 Å². The molecule has 0 aliphatic rings. The molecule has 168 valence electrons. The summed E-state index contributed by atoms with van der Waals surface area (Å²) in [5, 5.41) is 0.529. The van der Waals surface area contributed by atoms with Gasteiger partial charge in [0.15, 0.2) is 15.0 Å². The number of hydrogen-bond donors (Lipinski definition) is 0. The van der Waals surface area contributed by atoms with E-state index in [1.54, 1.807) is 24.3 Å². The molecule has 2 aromatic carbocycles. The largest absolute Gasteiger partial charge is 0.308 e. The summed E-state index contributed by atoms with van der Waals surface area (Å²) in [6, 6.07) is 10.6. The number of likely N-dealkylation sites (N-methyl/N-ethyl adjacent to an activating group) is 1. The van der Waals surface area contributed by atoms with Gasteiger partial charge in [0.25, 0.3) is 0 Å². The molecule has 0 aliphatic heterocycles. The van der Waals surface area contributed by atoms with Crippen molar-refractivity contribution in [1.82, 2.24) is 9.88 Å². The van der Waals surface area contributed by atoms with Crippen LogP contribution in [0.25, 0.3) is 10.2 Å². The minimum Gasteiger partial charge on any atom is -0.308 e. The van der Waals surface area contributed by atoms with Crippen LogP contribution in [0.3, 0.4) is 0 Å². The molecule has 31 heavy (non-hydrogen) atoms. The van der Waals surface area contributed by atoms with E-state index >= 15 is 0 Å². The third-order valence-electron chi connectivity index (χ3n) is 4.99. The monoisotopic (exact) mass is 481 g/mol. The second-order valence-corrected chi connectivity index (χ2v) is 10.8. The standard InChI is InChI=1S/C22H27N3O3S2.ClH/c1-15-6-8-18(9-7-15)30(27,28)14-21(26)25(11-10-24(4)5)22-23-19-12-16(2)17(3)13-20(19)29-22;/h6-9,12-13H,10-11,14H2,1-5H3;1H. The van der Waals surface area contributed by atoms with Crippen LogP contribution in [0.1, 0.15) is 16.7 Å². The number of sulfone groups is 1. The number of aryl methyl sites for hydroxylation is 3. The van der Waals surface area contributed by atoms with Gasteiger partial charge in [-0.15, -0.1) is 12.4 Å². The maximum atomic E-state index is 13.1. The lowest BCUT2D eigenvalue weighted by Crippen LogP contribution is -2.40. The van der Waals surface area contributed by atoms with Crippen molar-refractivity contribution in [2.75, 3.05) is 37.8 Å². The van der Waals surface area contributed by atoms with Crippen molar-refractivity contribution in [2.24, 2.45) is 0 Å². The number of fused-ring (bicyclic) bond motifs is 1. The zero-order valence-corrected chi connectivity index (χ0v) is 20.8. The first-order valence-electron chi connectivity index (χ1n) is 9.69. The van der Waals surface area contributed by atoms with Crippen LogP contribution in [0.5, 0.6) is 0 Å². The smallest absolute Gasteiger partial charge is 0.244 e. The number of rotatable bonds is 7. The summed E-state index contributed by atoms with van der Waals surface area (Å²) in [6.07, 6.45) is 0. The highest BCUT2D eigenvalue weighted by Crippen LogP contribution is 2.31. The number of hydrogen-bond acceptors (Lipinski definition) is 6. The van der Waals surface area contributed by atoms with Crippen LogP contribution in [-0.2, 0) is 14.6 Å². The lowest BCUT2D eigenvalue weighted by atomic mass is 10.1.